The highest BCUT2D eigenvalue weighted by molar-refractivity contribution is 6.14. The Morgan fingerprint density at radius 3 is 2.75 bits per heavy atom. The Morgan fingerprint density at radius 1 is 1.08 bits per heavy atom. The molecule has 1 amide bonds. The molecule has 1 N–H and O–H groups in total. The monoisotopic (exact) mass is 316 g/mol. The topological polar surface area (TPSA) is 42.0 Å². The smallest absolute Gasteiger partial charge is 0.256 e. The van der Waals surface area contributed by atoms with Gasteiger partial charge in [0.15, 0.2) is 0 Å². The van der Waals surface area contributed by atoms with Gasteiger partial charge in [0.1, 0.15) is 0 Å². The first-order valence-corrected chi connectivity index (χ1v) is 8.42. The Labute approximate surface area is 141 Å². The Morgan fingerprint density at radius 2 is 1.92 bits per heavy atom. The number of anilines is 1. The number of hydrogen-bond donors (Lipinski definition) is 1. The lowest BCUT2D eigenvalue weighted by atomic mass is 10.00. The van der Waals surface area contributed by atoms with Crippen LogP contribution >= 0.6 is 0 Å². The fourth-order valence-electron chi connectivity index (χ4n) is 3.61. The van der Waals surface area contributed by atoms with Crippen LogP contribution in [0.2, 0.25) is 0 Å². The first-order valence-electron chi connectivity index (χ1n) is 8.42. The van der Waals surface area contributed by atoms with Crippen LogP contribution in [0.4, 0.5) is 5.69 Å². The van der Waals surface area contributed by atoms with Gasteiger partial charge in [-0.3, -0.25) is 9.78 Å². The van der Waals surface area contributed by atoms with Crippen molar-refractivity contribution in [2.45, 2.75) is 33.1 Å². The van der Waals surface area contributed by atoms with E-state index in [0.29, 0.717) is 0 Å². The second kappa shape index (κ2) is 5.75. The van der Waals surface area contributed by atoms with Crippen LogP contribution in [0.1, 0.15) is 39.2 Å². The number of amides is 1. The molecule has 1 aliphatic rings. The Balaban J connectivity index is 1.82. The zero-order chi connectivity index (χ0) is 16.7. The first-order chi connectivity index (χ1) is 11.6. The predicted molar refractivity (Wildman–Crippen MR) is 97.6 cm³/mol. The van der Waals surface area contributed by atoms with Crippen molar-refractivity contribution in [2.24, 2.45) is 0 Å². The number of fused-ring (bicyclic) bond motifs is 2. The minimum absolute atomic E-state index is 0.0290. The summed E-state index contributed by atoms with van der Waals surface area (Å²) in [6.07, 6.45) is 2.97. The van der Waals surface area contributed by atoms with Crippen molar-refractivity contribution in [1.29, 1.82) is 0 Å². The van der Waals surface area contributed by atoms with Gasteiger partial charge < -0.3 is 5.32 Å². The molecule has 1 aliphatic carbocycles. The highest BCUT2D eigenvalue weighted by Gasteiger charge is 2.23. The summed E-state index contributed by atoms with van der Waals surface area (Å²) >= 11 is 0. The third-order valence-electron chi connectivity index (χ3n) is 4.78. The normalized spacial score (nSPS) is 13.1. The van der Waals surface area contributed by atoms with Gasteiger partial charge in [-0.05, 0) is 56.4 Å². The molecule has 0 fully saturated rings. The van der Waals surface area contributed by atoms with Crippen molar-refractivity contribution >= 4 is 22.5 Å². The summed E-state index contributed by atoms with van der Waals surface area (Å²) in [7, 11) is 0. The molecule has 0 atom stereocenters. The third kappa shape index (κ3) is 2.46. The fourth-order valence-corrected chi connectivity index (χ4v) is 3.61. The number of hydrogen-bond acceptors (Lipinski definition) is 2. The SMILES string of the molecule is Cc1ccc(NC(=O)c2c3c(nc4ccccc24)CCC3)c(C)c1. The first kappa shape index (κ1) is 14.9. The molecule has 0 bridgehead atoms. The van der Waals surface area contributed by atoms with Crippen molar-refractivity contribution < 1.29 is 4.79 Å². The van der Waals surface area contributed by atoms with Gasteiger partial charge >= 0.3 is 0 Å². The summed E-state index contributed by atoms with van der Waals surface area (Å²) in [5.41, 5.74) is 7.06. The highest BCUT2D eigenvalue weighted by Crippen LogP contribution is 2.30. The van der Waals surface area contributed by atoms with E-state index in [4.69, 9.17) is 4.98 Å². The minimum Gasteiger partial charge on any atom is -0.322 e. The number of aromatic nitrogens is 1. The number of carbonyl (C=O) groups is 1. The molecule has 2 aromatic carbocycles. The molecule has 0 saturated heterocycles. The average molecular weight is 316 g/mol. The van der Waals surface area contributed by atoms with Gasteiger partial charge in [-0.25, -0.2) is 0 Å². The zero-order valence-electron chi connectivity index (χ0n) is 14.0. The largest absolute Gasteiger partial charge is 0.322 e. The van der Waals surface area contributed by atoms with Crippen molar-refractivity contribution in [3.63, 3.8) is 0 Å². The van der Waals surface area contributed by atoms with Crippen LogP contribution in [0.3, 0.4) is 0 Å². The van der Waals surface area contributed by atoms with E-state index < -0.39 is 0 Å². The molecule has 0 spiro atoms. The van der Waals surface area contributed by atoms with Crippen LogP contribution in [0.5, 0.6) is 0 Å². The van der Waals surface area contributed by atoms with E-state index in [1.54, 1.807) is 0 Å². The summed E-state index contributed by atoms with van der Waals surface area (Å²) in [5.74, 6) is -0.0290. The molecule has 4 rings (SSSR count). The Bertz CT molecular complexity index is 959. The number of carbonyl (C=O) groups excluding carboxylic acids is 1. The molecule has 24 heavy (non-hydrogen) atoms. The van der Waals surface area contributed by atoms with E-state index in [-0.39, 0.29) is 5.91 Å². The fraction of sp³-hybridized carbons (Fsp3) is 0.238. The number of nitrogens with zero attached hydrogens (tertiary/aromatic N) is 1. The van der Waals surface area contributed by atoms with Gasteiger partial charge in [0.25, 0.3) is 5.91 Å². The number of aryl methyl sites for hydroxylation is 3. The molecule has 3 aromatic rings. The molecule has 0 aliphatic heterocycles. The lowest BCUT2D eigenvalue weighted by Gasteiger charge is -2.14. The van der Waals surface area contributed by atoms with Crippen LogP contribution < -0.4 is 5.32 Å². The average Bonchev–Trinajstić information content (AvgIpc) is 3.02. The van der Waals surface area contributed by atoms with Crippen LogP contribution in [-0.2, 0) is 12.8 Å². The van der Waals surface area contributed by atoms with E-state index >= 15 is 0 Å². The van der Waals surface area contributed by atoms with Crippen LogP contribution in [0, 0.1) is 13.8 Å². The number of rotatable bonds is 2. The predicted octanol–water partition coefficient (Wildman–Crippen LogP) is 4.59. The van der Waals surface area contributed by atoms with E-state index in [1.807, 2.05) is 43.3 Å². The van der Waals surface area contributed by atoms with Crippen molar-refractivity contribution in [2.75, 3.05) is 5.32 Å². The van der Waals surface area contributed by atoms with Crippen LogP contribution in [0.15, 0.2) is 42.5 Å². The maximum absolute atomic E-state index is 13.1. The summed E-state index contributed by atoms with van der Waals surface area (Å²) in [5, 5.41) is 4.05. The lowest BCUT2D eigenvalue weighted by molar-refractivity contribution is 0.102. The molecule has 0 radical (unpaired) electrons. The molecule has 0 saturated carbocycles. The van der Waals surface area contributed by atoms with Gasteiger partial charge in [0, 0.05) is 16.8 Å². The maximum Gasteiger partial charge on any atom is 0.256 e. The molecular formula is C21H20N2O. The van der Waals surface area contributed by atoms with E-state index in [0.717, 1.165) is 58.2 Å². The molecular weight excluding hydrogens is 296 g/mol. The number of para-hydroxylation sites is 1. The van der Waals surface area contributed by atoms with Crippen molar-refractivity contribution in [1.82, 2.24) is 4.98 Å². The molecule has 1 heterocycles. The quantitative estimate of drug-likeness (QED) is 0.751. The van der Waals surface area contributed by atoms with Gasteiger partial charge in [-0.15, -0.1) is 0 Å². The van der Waals surface area contributed by atoms with E-state index in [9.17, 15) is 4.79 Å². The van der Waals surface area contributed by atoms with Gasteiger partial charge in [-0.2, -0.15) is 0 Å². The van der Waals surface area contributed by atoms with Gasteiger partial charge in [0.05, 0.1) is 11.1 Å². The molecule has 1 aromatic heterocycles. The molecule has 3 heteroatoms. The number of nitrogens with one attached hydrogen (secondary N) is 1. The molecule has 120 valence electrons. The Kier molecular flexibility index (Phi) is 3.57. The van der Waals surface area contributed by atoms with E-state index in [1.165, 1.54) is 5.56 Å². The second-order valence-electron chi connectivity index (χ2n) is 6.56. The second-order valence-corrected chi connectivity index (χ2v) is 6.56. The Hall–Kier alpha value is -2.68. The highest BCUT2D eigenvalue weighted by atomic mass is 16.1. The third-order valence-corrected chi connectivity index (χ3v) is 4.78. The number of benzene rings is 2. The van der Waals surface area contributed by atoms with Gasteiger partial charge in [-0.1, -0.05) is 35.9 Å². The molecule has 3 nitrogen and oxygen atoms in total. The number of pyridine rings is 1. The van der Waals surface area contributed by atoms with Crippen molar-refractivity contribution in [3.8, 4) is 0 Å². The summed E-state index contributed by atoms with van der Waals surface area (Å²) in [4.78, 5) is 17.8. The van der Waals surface area contributed by atoms with Crippen LogP contribution in [0.25, 0.3) is 10.9 Å². The van der Waals surface area contributed by atoms with Crippen LogP contribution in [-0.4, -0.2) is 10.9 Å². The summed E-state index contributed by atoms with van der Waals surface area (Å²) in [6.45, 7) is 4.08. The zero-order valence-corrected chi connectivity index (χ0v) is 14.0. The van der Waals surface area contributed by atoms with E-state index in [2.05, 4.69) is 18.3 Å². The molecule has 0 unspecified atom stereocenters. The van der Waals surface area contributed by atoms with Gasteiger partial charge in [0.2, 0.25) is 0 Å². The minimum atomic E-state index is -0.0290. The van der Waals surface area contributed by atoms with Crippen molar-refractivity contribution in [3.05, 3.63) is 70.4 Å². The summed E-state index contributed by atoms with van der Waals surface area (Å²) < 4.78 is 0. The summed E-state index contributed by atoms with van der Waals surface area (Å²) in [6, 6.07) is 14.0. The maximum atomic E-state index is 13.1. The standard InChI is InChI=1S/C21H20N2O/c1-13-10-11-17(14(2)12-13)23-21(24)20-15-6-3-4-8-18(15)22-19-9-5-7-16(19)20/h3-4,6,8,10-12H,5,7,9H2,1-2H3,(H,23,24). The lowest BCUT2D eigenvalue weighted by Crippen LogP contribution is -2.16.